The van der Waals surface area contributed by atoms with Crippen molar-refractivity contribution in [2.45, 2.75) is 0 Å². The number of amides is 1. The van der Waals surface area contributed by atoms with Gasteiger partial charge < -0.3 is 14.8 Å². The summed E-state index contributed by atoms with van der Waals surface area (Å²) in [5, 5.41) is 6.26. The number of hydrogen-bond acceptors (Lipinski definition) is 4. The number of ether oxygens (including phenoxy) is 2. The van der Waals surface area contributed by atoms with Crippen molar-refractivity contribution in [2.75, 3.05) is 19.5 Å². The average Bonchev–Trinajstić information content (AvgIpc) is 2.54. The Bertz CT molecular complexity index is 784. The van der Waals surface area contributed by atoms with Gasteiger partial charge in [0.15, 0.2) is 16.6 Å². The molecule has 126 valence electrons. The van der Waals surface area contributed by atoms with Gasteiger partial charge in [-0.25, -0.2) is 0 Å². The number of methoxy groups -OCH3 is 2. The number of anilines is 1. The summed E-state index contributed by atoms with van der Waals surface area (Å²) in [7, 11) is 3.08. The number of carbonyl (C=O) groups is 1. The maximum absolute atomic E-state index is 12.2. The van der Waals surface area contributed by atoms with Crippen molar-refractivity contribution < 1.29 is 14.3 Å². The summed E-state index contributed by atoms with van der Waals surface area (Å²) >= 11 is 17.0. The van der Waals surface area contributed by atoms with Gasteiger partial charge in [-0.2, -0.15) is 0 Å². The maximum atomic E-state index is 12.2. The van der Waals surface area contributed by atoms with Crippen molar-refractivity contribution in [3.05, 3.63) is 52.0 Å². The second kappa shape index (κ2) is 8.19. The van der Waals surface area contributed by atoms with E-state index in [-0.39, 0.29) is 15.7 Å². The summed E-state index contributed by atoms with van der Waals surface area (Å²) in [6.45, 7) is 0. The molecule has 5 nitrogen and oxygen atoms in total. The Morgan fingerprint density at radius 2 is 1.75 bits per heavy atom. The van der Waals surface area contributed by atoms with Crippen molar-refractivity contribution in [3.63, 3.8) is 0 Å². The molecule has 0 saturated carbocycles. The molecule has 0 spiro atoms. The van der Waals surface area contributed by atoms with Crippen LogP contribution in [0.5, 0.6) is 11.5 Å². The van der Waals surface area contributed by atoms with Gasteiger partial charge in [0.05, 0.1) is 24.8 Å². The predicted molar refractivity (Wildman–Crippen MR) is 99.7 cm³/mol. The van der Waals surface area contributed by atoms with Crippen LogP contribution >= 0.6 is 35.4 Å². The molecule has 2 N–H and O–H groups in total. The molecule has 0 atom stereocenters. The Hall–Kier alpha value is -2.02. The minimum atomic E-state index is -0.436. The number of halogens is 2. The van der Waals surface area contributed by atoms with Gasteiger partial charge in [0.1, 0.15) is 0 Å². The fourth-order valence-corrected chi connectivity index (χ4v) is 2.63. The maximum Gasteiger partial charge on any atom is 0.258 e. The predicted octanol–water partition coefficient (Wildman–Crippen LogP) is 4.14. The molecule has 8 heteroatoms. The molecule has 2 rings (SSSR count). The van der Waals surface area contributed by atoms with Crippen LogP contribution in [0.15, 0.2) is 36.4 Å². The number of carbonyl (C=O) groups excluding carboxylic acids is 1. The summed E-state index contributed by atoms with van der Waals surface area (Å²) in [5.41, 5.74) is 0.915. The zero-order valence-electron chi connectivity index (χ0n) is 12.9. The molecule has 0 bridgehead atoms. The Kier molecular flexibility index (Phi) is 6.25. The molecule has 0 aliphatic rings. The first-order valence-corrected chi connectivity index (χ1v) is 7.90. The highest BCUT2D eigenvalue weighted by Crippen LogP contribution is 2.29. The minimum Gasteiger partial charge on any atom is -0.493 e. The molecular weight excluding hydrogens is 371 g/mol. The van der Waals surface area contributed by atoms with Crippen molar-refractivity contribution in [1.29, 1.82) is 0 Å². The topological polar surface area (TPSA) is 59.6 Å². The number of thiocarbonyl (C=S) groups is 1. The molecule has 2 aromatic rings. The van der Waals surface area contributed by atoms with Crippen molar-refractivity contribution in [3.8, 4) is 11.5 Å². The van der Waals surface area contributed by atoms with E-state index >= 15 is 0 Å². The highest BCUT2D eigenvalue weighted by atomic mass is 35.5. The van der Waals surface area contributed by atoms with E-state index in [2.05, 4.69) is 10.6 Å². The monoisotopic (exact) mass is 384 g/mol. The zero-order chi connectivity index (χ0) is 17.7. The van der Waals surface area contributed by atoms with Gasteiger partial charge in [0, 0.05) is 16.8 Å². The van der Waals surface area contributed by atoms with Gasteiger partial charge in [0.25, 0.3) is 5.91 Å². The Balaban J connectivity index is 2.06. The molecule has 0 aliphatic heterocycles. The van der Waals surface area contributed by atoms with Crippen LogP contribution in [0.2, 0.25) is 10.0 Å². The highest BCUT2D eigenvalue weighted by Gasteiger charge is 2.13. The van der Waals surface area contributed by atoms with Gasteiger partial charge in [-0.15, -0.1) is 0 Å². The van der Waals surface area contributed by atoms with Gasteiger partial charge in [-0.3, -0.25) is 10.1 Å². The van der Waals surface area contributed by atoms with Crippen LogP contribution in [0, 0.1) is 0 Å². The lowest BCUT2D eigenvalue weighted by Gasteiger charge is -2.13. The normalized spacial score (nSPS) is 10.0. The summed E-state index contributed by atoms with van der Waals surface area (Å²) < 4.78 is 10.4. The number of hydrogen-bond donors (Lipinski definition) is 2. The SMILES string of the molecule is COc1ccc(NC(=S)NC(=O)c2ccc(Cl)cc2Cl)cc1OC. The largest absolute Gasteiger partial charge is 0.493 e. The standard InChI is InChI=1S/C16H14Cl2N2O3S/c1-22-13-6-4-10(8-14(13)23-2)19-16(24)20-15(21)11-5-3-9(17)7-12(11)18/h3-8H,1-2H3,(H2,19,20,21,24). The van der Waals surface area contributed by atoms with E-state index in [1.807, 2.05) is 0 Å². The lowest BCUT2D eigenvalue weighted by atomic mass is 10.2. The van der Waals surface area contributed by atoms with Gasteiger partial charge in [-0.1, -0.05) is 23.2 Å². The highest BCUT2D eigenvalue weighted by molar-refractivity contribution is 7.80. The van der Waals surface area contributed by atoms with Crippen LogP contribution in [0.1, 0.15) is 10.4 Å². The van der Waals surface area contributed by atoms with Crippen LogP contribution < -0.4 is 20.1 Å². The molecule has 0 radical (unpaired) electrons. The first kappa shape index (κ1) is 18.3. The molecule has 2 aromatic carbocycles. The number of benzene rings is 2. The fraction of sp³-hybridized carbons (Fsp3) is 0.125. The summed E-state index contributed by atoms with van der Waals surface area (Å²) in [5.74, 6) is 0.693. The van der Waals surface area contributed by atoms with Crippen molar-refractivity contribution in [2.24, 2.45) is 0 Å². The quantitative estimate of drug-likeness (QED) is 0.775. The second-order valence-corrected chi connectivity index (χ2v) is 5.85. The second-order valence-electron chi connectivity index (χ2n) is 4.60. The molecule has 0 fully saturated rings. The van der Waals surface area contributed by atoms with E-state index in [4.69, 9.17) is 44.9 Å². The fourth-order valence-electron chi connectivity index (χ4n) is 1.92. The third-order valence-corrected chi connectivity index (χ3v) is 3.80. The molecule has 1 amide bonds. The molecule has 0 aromatic heterocycles. The lowest BCUT2D eigenvalue weighted by Crippen LogP contribution is -2.34. The average molecular weight is 385 g/mol. The van der Waals surface area contributed by atoms with Gasteiger partial charge >= 0.3 is 0 Å². The van der Waals surface area contributed by atoms with Crippen LogP contribution in [0.4, 0.5) is 5.69 Å². The molecule has 0 heterocycles. The number of rotatable bonds is 4. The molecule has 0 saturated heterocycles. The lowest BCUT2D eigenvalue weighted by molar-refractivity contribution is 0.0978. The van der Waals surface area contributed by atoms with Gasteiger partial charge in [-0.05, 0) is 42.5 Å². The third kappa shape index (κ3) is 4.50. The van der Waals surface area contributed by atoms with Gasteiger partial charge in [0.2, 0.25) is 0 Å². The molecule has 24 heavy (non-hydrogen) atoms. The summed E-state index contributed by atoms with van der Waals surface area (Å²) in [6, 6.07) is 9.76. The molecule has 0 unspecified atom stereocenters. The van der Waals surface area contributed by atoms with E-state index in [0.717, 1.165) is 0 Å². The molecular formula is C16H14Cl2N2O3S. The van der Waals surface area contributed by atoms with E-state index in [1.54, 1.807) is 31.4 Å². The number of nitrogens with one attached hydrogen (secondary N) is 2. The van der Waals surface area contributed by atoms with Crippen molar-refractivity contribution >= 4 is 52.1 Å². The Morgan fingerprint density at radius 3 is 2.38 bits per heavy atom. The minimum absolute atomic E-state index is 0.123. The first-order chi connectivity index (χ1) is 11.4. The Morgan fingerprint density at radius 1 is 1.04 bits per heavy atom. The van der Waals surface area contributed by atoms with Crippen LogP contribution in [-0.2, 0) is 0 Å². The molecule has 0 aliphatic carbocycles. The van der Waals surface area contributed by atoms with E-state index in [0.29, 0.717) is 22.2 Å². The summed E-state index contributed by atoms with van der Waals surface area (Å²) in [4.78, 5) is 12.2. The van der Waals surface area contributed by atoms with Crippen LogP contribution in [0.25, 0.3) is 0 Å². The van der Waals surface area contributed by atoms with E-state index in [9.17, 15) is 4.79 Å². The summed E-state index contributed by atoms with van der Waals surface area (Å²) in [6.07, 6.45) is 0. The van der Waals surface area contributed by atoms with Crippen molar-refractivity contribution in [1.82, 2.24) is 5.32 Å². The third-order valence-electron chi connectivity index (χ3n) is 3.04. The van der Waals surface area contributed by atoms with E-state index in [1.165, 1.54) is 19.2 Å². The first-order valence-electron chi connectivity index (χ1n) is 6.74. The van der Waals surface area contributed by atoms with Crippen LogP contribution in [0.3, 0.4) is 0 Å². The Labute approximate surface area is 154 Å². The zero-order valence-corrected chi connectivity index (χ0v) is 15.2. The smallest absolute Gasteiger partial charge is 0.258 e. The van der Waals surface area contributed by atoms with E-state index < -0.39 is 5.91 Å². The van der Waals surface area contributed by atoms with Crippen LogP contribution in [-0.4, -0.2) is 25.2 Å².